The van der Waals surface area contributed by atoms with Gasteiger partial charge in [0.15, 0.2) is 0 Å². The molecule has 0 amide bonds. The van der Waals surface area contributed by atoms with Crippen LogP contribution in [-0.2, 0) is 10.1 Å². The van der Waals surface area contributed by atoms with Crippen LogP contribution in [0.5, 0.6) is 0 Å². The molecule has 0 aliphatic carbocycles. The molecule has 0 atom stereocenters. The van der Waals surface area contributed by atoms with Crippen molar-refractivity contribution in [2.75, 3.05) is 5.75 Å². The van der Waals surface area contributed by atoms with Gasteiger partial charge in [-0.05, 0) is 12.3 Å². The third-order valence-corrected chi connectivity index (χ3v) is 4.99. The second-order valence-electron chi connectivity index (χ2n) is 7.06. The maximum absolute atomic E-state index is 10.5. The molecule has 0 rings (SSSR count). The Kier molecular flexibility index (Phi) is 20.1. The van der Waals surface area contributed by atoms with Gasteiger partial charge in [0.25, 0.3) is 10.1 Å². The number of hydrogen-bond donors (Lipinski definition) is 1. The monoisotopic (exact) mass is 358 g/mol. The van der Waals surface area contributed by atoms with Crippen molar-refractivity contribution in [1.82, 2.24) is 0 Å². The molecule has 0 fully saturated rings. The third-order valence-electron chi connectivity index (χ3n) is 4.18. The SMILES string of the molecule is CC(C)CCCCCCCCCCCCCCCS(=O)(=O)O.[H-].[Na+]. The van der Waals surface area contributed by atoms with E-state index in [2.05, 4.69) is 13.8 Å². The van der Waals surface area contributed by atoms with Crippen LogP contribution in [0.15, 0.2) is 0 Å². The summed E-state index contributed by atoms with van der Waals surface area (Å²) >= 11 is 0. The number of unbranched alkanes of at least 4 members (excludes halogenated alkanes) is 12. The van der Waals surface area contributed by atoms with Crippen molar-refractivity contribution in [2.24, 2.45) is 5.92 Å². The molecule has 0 bridgehead atoms. The van der Waals surface area contributed by atoms with E-state index in [0.717, 1.165) is 18.8 Å². The van der Waals surface area contributed by atoms with Crippen molar-refractivity contribution in [3.63, 3.8) is 0 Å². The summed E-state index contributed by atoms with van der Waals surface area (Å²) in [6.07, 6.45) is 17.4. The van der Waals surface area contributed by atoms with Crippen molar-refractivity contribution in [2.45, 2.75) is 104 Å². The summed E-state index contributed by atoms with van der Waals surface area (Å²) in [7, 11) is -3.74. The van der Waals surface area contributed by atoms with Crippen LogP contribution >= 0.6 is 0 Å². The molecule has 0 radical (unpaired) electrons. The van der Waals surface area contributed by atoms with E-state index >= 15 is 0 Å². The summed E-state index contributed by atoms with van der Waals surface area (Å²) in [4.78, 5) is 0. The second-order valence-corrected chi connectivity index (χ2v) is 8.64. The summed E-state index contributed by atoms with van der Waals surface area (Å²) in [5.41, 5.74) is 0. The molecule has 1 N–H and O–H groups in total. The predicted molar refractivity (Wildman–Crippen MR) is 97.0 cm³/mol. The maximum Gasteiger partial charge on any atom is 1.00 e. The van der Waals surface area contributed by atoms with Gasteiger partial charge in [-0.3, -0.25) is 4.55 Å². The van der Waals surface area contributed by atoms with E-state index in [4.69, 9.17) is 4.55 Å². The van der Waals surface area contributed by atoms with E-state index in [1.54, 1.807) is 0 Å². The summed E-state index contributed by atoms with van der Waals surface area (Å²) < 4.78 is 29.7. The number of rotatable bonds is 16. The summed E-state index contributed by atoms with van der Waals surface area (Å²) in [5, 5.41) is 0. The van der Waals surface area contributed by atoms with Gasteiger partial charge >= 0.3 is 29.6 Å². The Morgan fingerprint density at radius 2 is 1.00 bits per heavy atom. The molecular weight excluding hydrogens is 319 g/mol. The molecule has 0 aromatic carbocycles. The van der Waals surface area contributed by atoms with Gasteiger partial charge in [0.1, 0.15) is 0 Å². The van der Waals surface area contributed by atoms with E-state index in [1.165, 1.54) is 70.6 Å². The van der Waals surface area contributed by atoms with Crippen LogP contribution in [0.3, 0.4) is 0 Å². The average Bonchev–Trinajstić information content (AvgIpc) is 2.41. The minimum absolute atomic E-state index is 0. The van der Waals surface area contributed by atoms with Gasteiger partial charge in [-0.2, -0.15) is 8.42 Å². The van der Waals surface area contributed by atoms with Gasteiger partial charge in [-0.15, -0.1) is 0 Å². The largest absolute Gasteiger partial charge is 1.00 e. The van der Waals surface area contributed by atoms with Crippen LogP contribution < -0.4 is 29.6 Å². The first kappa shape index (κ1) is 26.1. The molecule has 0 aromatic rings. The maximum atomic E-state index is 10.5. The van der Waals surface area contributed by atoms with Gasteiger partial charge in [0.2, 0.25) is 0 Å². The van der Waals surface area contributed by atoms with Gasteiger partial charge in [0, 0.05) is 0 Å². The third kappa shape index (κ3) is 25.3. The standard InChI is InChI=1S/C18H38O3S.Na.H/c1-18(2)16-14-12-10-8-6-4-3-5-7-9-11-13-15-17-22(19,20)21;;/h18H,3-17H2,1-2H3,(H,19,20,21);;/q;+1;-1. The Morgan fingerprint density at radius 1 is 0.696 bits per heavy atom. The van der Waals surface area contributed by atoms with Crippen molar-refractivity contribution >= 4 is 10.1 Å². The number of hydrogen-bond acceptors (Lipinski definition) is 2. The van der Waals surface area contributed by atoms with Gasteiger partial charge in [0.05, 0.1) is 5.75 Å². The van der Waals surface area contributed by atoms with Crippen LogP contribution in [-0.4, -0.2) is 18.7 Å². The van der Waals surface area contributed by atoms with Crippen molar-refractivity contribution in [1.29, 1.82) is 0 Å². The molecule has 5 heteroatoms. The van der Waals surface area contributed by atoms with Crippen LogP contribution in [0.25, 0.3) is 0 Å². The van der Waals surface area contributed by atoms with Gasteiger partial charge in [-0.25, -0.2) is 0 Å². The quantitative estimate of drug-likeness (QED) is 0.262. The van der Waals surface area contributed by atoms with Gasteiger partial charge in [-0.1, -0.05) is 97.3 Å². The molecular formula is C18H39NaO3S. The van der Waals surface area contributed by atoms with Crippen LogP contribution in [0.1, 0.15) is 105 Å². The van der Waals surface area contributed by atoms with Crippen LogP contribution in [0.2, 0.25) is 0 Å². The zero-order valence-corrected chi connectivity index (χ0v) is 18.7. The topological polar surface area (TPSA) is 54.4 Å². The Morgan fingerprint density at radius 3 is 1.30 bits per heavy atom. The predicted octanol–water partition coefficient (Wildman–Crippen LogP) is 3.11. The zero-order chi connectivity index (χ0) is 16.7. The normalized spacial score (nSPS) is 11.7. The minimum atomic E-state index is -3.74. The summed E-state index contributed by atoms with van der Waals surface area (Å²) in [6, 6.07) is 0. The summed E-state index contributed by atoms with van der Waals surface area (Å²) in [5.74, 6) is 0.775. The molecule has 0 aromatic heterocycles. The fraction of sp³-hybridized carbons (Fsp3) is 1.00. The first-order valence-corrected chi connectivity index (χ1v) is 11.0. The first-order valence-electron chi connectivity index (χ1n) is 9.37. The Labute approximate surface area is 168 Å². The van der Waals surface area contributed by atoms with Crippen molar-refractivity contribution in [3.05, 3.63) is 0 Å². The van der Waals surface area contributed by atoms with Crippen LogP contribution in [0.4, 0.5) is 0 Å². The van der Waals surface area contributed by atoms with Gasteiger partial charge < -0.3 is 1.43 Å². The summed E-state index contributed by atoms with van der Waals surface area (Å²) in [6.45, 7) is 4.60. The Hall–Kier alpha value is 0.910. The Bertz CT molecular complexity index is 335. The molecule has 0 spiro atoms. The average molecular weight is 359 g/mol. The molecule has 0 unspecified atom stereocenters. The molecule has 0 saturated heterocycles. The molecule has 0 saturated carbocycles. The fourth-order valence-electron chi connectivity index (χ4n) is 2.78. The van der Waals surface area contributed by atoms with E-state index < -0.39 is 10.1 Å². The second kappa shape index (κ2) is 17.7. The van der Waals surface area contributed by atoms with Crippen LogP contribution in [0, 0.1) is 5.92 Å². The van der Waals surface area contributed by atoms with E-state index in [-0.39, 0.29) is 36.7 Å². The first-order chi connectivity index (χ1) is 10.4. The van der Waals surface area contributed by atoms with E-state index in [1.807, 2.05) is 0 Å². The smallest absolute Gasteiger partial charge is 1.00 e. The minimum Gasteiger partial charge on any atom is -1.00 e. The van der Waals surface area contributed by atoms with Crippen molar-refractivity contribution in [3.8, 4) is 0 Å². The van der Waals surface area contributed by atoms with E-state index in [0.29, 0.717) is 6.42 Å². The zero-order valence-electron chi connectivity index (χ0n) is 16.9. The van der Waals surface area contributed by atoms with Crippen molar-refractivity contribution < 1.29 is 44.0 Å². The molecule has 0 aliphatic heterocycles. The molecule has 0 aliphatic rings. The molecule has 23 heavy (non-hydrogen) atoms. The molecule has 3 nitrogen and oxygen atoms in total. The molecule has 0 heterocycles. The fourth-order valence-corrected chi connectivity index (χ4v) is 3.35. The molecule has 136 valence electrons. The Balaban J connectivity index is -0.00000220. The van der Waals surface area contributed by atoms with E-state index in [9.17, 15) is 8.42 Å².